The van der Waals surface area contributed by atoms with E-state index < -0.39 is 0 Å². The second kappa shape index (κ2) is 8.82. The van der Waals surface area contributed by atoms with E-state index in [2.05, 4.69) is 20.3 Å². The highest BCUT2D eigenvalue weighted by atomic mass is 16.5. The third-order valence-corrected chi connectivity index (χ3v) is 4.73. The van der Waals surface area contributed by atoms with Crippen LogP contribution < -0.4 is 5.32 Å². The first kappa shape index (κ1) is 17.7. The zero-order valence-electron chi connectivity index (χ0n) is 14.8. The lowest BCUT2D eigenvalue weighted by atomic mass is 9.92. The van der Waals surface area contributed by atoms with Crippen molar-refractivity contribution in [2.24, 2.45) is 0 Å². The number of hydrogen-bond acceptors (Lipinski definition) is 4. The van der Waals surface area contributed by atoms with Gasteiger partial charge in [0, 0.05) is 56.9 Å². The molecular formula is C18H27N5O2. The van der Waals surface area contributed by atoms with Crippen LogP contribution in [0.3, 0.4) is 0 Å². The van der Waals surface area contributed by atoms with Crippen molar-refractivity contribution >= 4 is 5.91 Å². The van der Waals surface area contributed by atoms with Crippen LogP contribution in [0.1, 0.15) is 34.8 Å². The highest BCUT2D eigenvalue weighted by molar-refractivity contribution is 5.95. The molecule has 136 valence electrons. The summed E-state index contributed by atoms with van der Waals surface area (Å²) in [7, 11) is 1.73. The number of likely N-dealkylation sites (tertiary alicyclic amines) is 1. The maximum absolute atomic E-state index is 12.6. The molecule has 2 aromatic heterocycles. The fraction of sp³-hybridized carbons (Fsp3) is 0.556. The number of H-pyrrole nitrogens is 1. The molecule has 1 aliphatic heterocycles. The number of carbonyl (C=O) groups excluding carboxylic acids is 1. The van der Waals surface area contributed by atoms with Crippen LogP contribution >= 0.6 is 0 Å². The van der Waals surface area contributed by atoms with Gasteiger partial charge < -0.3 is 19.9 Å². The average molecular weight is 345 g/mol. The standard InChI is InChI=1S/C18H27N5O2/c1-25-13-12-22-9-2-4-15(14-22)17-16(5-7-19-17)18(24)20-8-11-23-10-3-6-21-23/h3,5-7,10,15,19H,2,4,8-9,11-14H2,1H3,(H,20,24). The number of carbonyl (C=O) groups is 1. The van der Waals surface area contributed by atoms with E-state index in [1.807, 2.05) is 29.2 Å². The summed E-state index contributed by atoms with van der Waals surface area (Å²) < 4.78 is 7.00. The Morgan fingerprint density at radius 3 is 3.20 bits per heavy atom. The maximum atomic E-state index is 12.6. The minimum absolute atomic E-state index is 0.0163. The summed E-state index contributed by atoms with van der Waals surface area (Å²) in [6, 6.07) is 3.76. The van der Waals surface area contributed by atoms with Crippen LogP contribution in [0.2, 0.25) is 0 Å². The third kappa shape index (κ3) is 4.70. The Kier molecular flexibility index (Phi) is 6.25. The molecule has 0 aromatic carbocycles. The molecule has 7 heteroatoms. The van der Waals surface area contributed by atoms with E-state index in [1.165, 1.54) is 0 Å². The SMILES string of the molecule is COCCN1CCCC(c2[nH]ccc2C(=O)NCCn2cccn2)C1. The summed E-state index contributed by atoms with van der Waals surface area (Å²) in [5.74, 6) is 0.352. The number of amides is 1. The minimum atomic E-state index is -0.0163. The average Bonchev–Trinajstić information content (AvgIpc) is 3.31. The van der Waals surface area contributed by atoms with Gasteiger partial charge in [0.2, 0.25) is 0 Å². The molecule has 0 bridgehead atoms. The van der Waals surface area contributed by atoms with Crippen LogP contribution in [0.4, 0.5) is 0 Å². The van der Waals surface area contributed by atoms with E-state index in [4.69, 9.17) is 4.74 Å². The number of piperidine rings is 1. The Labute approximate surface area is 148 Å². The highest BCUT2D eigenvalue weighted by Gasteiger charge is 2.25. The molecule has 1 saturated heterocycles. The van der Waals surface area contributed by atoms with E-state index in [9.17, 15) is 4.79 Å². The van der Waals surface area contributed by atoms with E-state index in [0.29, 0.717) is 19.0 Å². The number of aromatic amines is 1. The van der Waals surface area contributed by atoms with Crippen molar-refractivity contribution in [1.82, 2.24) is 25.0 Å². The molecule has 3 rings (SSSR count). The third-order valence-electron chi connectivity index (χ3n) is 4.73. The van der Waals surface area contributed by atoms with Gasteiger partial charge in [-0.3, -0.25) is 9.48 Å². The van der Waals surface area contributed by atoms with Gasteiger partial charge in [0.15, 0.2) is 0 Å². The van der Waals surface area contributed by atoms with Crippen molar-refractivity contribution in [2.75, 3.05) is 39.9 Å². The summed E-state index contributed by atoms with van der Waals surface area (Å²) in [6.07, 6.45) is 7.76. The molecular weight excluding hydrogens is 318 g/mol. The molecule has 2 N–H and O–H groups in total. The molecule has 1 aliphatic rings. The highest BCUT2D eigenvalue weighted by Crippen LogP contribution is 2.28. The number of ether oxygens (including phenoxy) is 1. The van der Waals surface area contributed by atoms with Gasteiger partial charge in [-0.1, -0.05) is 0 Å². The van der Waals surface area contributed by atoms with Crippen molar-refractivity contribution in [2.45, 2.75) is 25.3 Å². The summed E-state index contributed by atoms with van der Waals surface area (Å²) >= 11 is 0. The lowest BCUT2D eigenvalue weighted by molar-refractivity contribution is 0.0948. The van der Waals surface area contributed by atoms with Gasteiger partial charge in [0.25, 0.3) is 5.91 Å². The number of hydrogen-bond donors (Lipinski definition) is 2. The summed E-state index contributed by atoms with van der Waals surface area (Å²) in [4.78, 5) is 18.3. The normalized spacial score (nSPS) is 18.4. The predicted molar refractivity (Wildman–Crippen MR) is 95.6 cm³/mol. The minimum Gasteiger partial charge on any atom is -0.383 e. The molecule has 3 heterocycles. The molecule has 1 atom stereocenters. The molecule has 1 fully saturated rings. The zero-order valence-corrected chi connectivity index (χ0v) is 14.8. The second-order valence-corrected chi connectivity index (χ2v) is 6.46. The molecule has 1 amide bonds. The van der Waals surface area contributed by atoms with Gasteiger partial charge in [-0.2, -0.15) is 5.10 Å². The number of nitrogens with one attached hydrogen (secondary N) is 2. The van der Waals surface area contributed by atoms with Crippen molar-refractivity contribution < 1.29 is 9.53 Å². The Morgan fingerprint density at radius 1 is 1.48 bits per heavy atom. The van der Waals surface area contributed by atoms with Crippen LogP contribution in [-0.4, -0.2) is 65.5 Å². The van der Waals surface area contributed by atoms with Crippen LogP contribution in [0, 0.1) is 0 Å². The van der Waals surface area contributed by atoms with Gasteiger partial charge in [0.1, 0.15) is 0 Å². The van der Waals surface area contributed by atoms with Crippen molar-refractivity contribution in [3.63, 3.8) is 0 Å². The summed E-state index contributed by atoms with van der Waals surface area (Å²) in [5, 5.41) is 7.14. The van der Waals surface area contributed by atoms with E-state index in [1.54, 1.807) is 13.3 Å². The largest absolute Gasteiger partial charge is 0.383 e. The summed E-state index contributed by atoms with van der Waals surface area (Å²) in [6.45, 7) is 5.00. The second-order valence-electron chi connectivity index (χ2n) is 6.46. The zero-order chi connectivity index (χ0) is 17.5. The van der Waals surface area contributed by atoms with Gasteiger partial charge in [-0.25, -0.2) is 0 Å². The Hall–Kier alpha value is -2.12. The fourth-order valence-electron chi connectivity index (χ4n) is 3.44. The maximum Gasteiger partial charge on any atom is 0.253 e. The monoisotopic (exact) mass is 345 g/mol. The lowest BCUT2D eigenvalue weighted by Gasteiger charge is -2.32. The first-order valence-corrected chi connectivity index (χ1v) is 8.92. The topological polar surface area (TPSA) is 75.2 Å². The van der Waals surface area contributed by atoms with Gasteiger partial charge >= 0.3 is 0 Å². The molecule has 1 unspecified atom stereocenters. The molecule has 2 aromatic rings. The number of rotatable bonds is 8. The number of aromatic nitrogens is 3. The van der Waals surface area contributed by atoms with Gasteiger partial charge in [-0.05, 0) is 31.5 Å². The molecule has 7 nitrogen and oxygen atoms in total. The Balaban J connectivity index is 1.56. The summed E-state index contributed by atoms with van der Waals surface area (Å²) in [5.41, 5.74) is 1.82. The Bertz CT molecular complexity index is 652. The van der Waals surface area contributed by atoms with E-state index >= 15 is 0 Å². The Morgan fingerprint density at radius 2 is 2.40 bits per heavy atom. The van der Waals surface area contributed by atoms with Gasteiger partial charge in [0.05, 0.1) is 18.7 Å². The first-order valence-electron chi connectivity index (χ1n) is 8.92. The van der Waals surface area contributed by atoms with E-state index in [-0.39, 0.29) is 5.91 Å². The van der Waals surface area contributed by atoms with Crippen molar-refractivity contribution in [3.8, 4) is 0 Å². The molecule has 25 heavy (non-hydrogen) atoms. The molecule has 0 radical (unpaired) electrons. The van der Waals surface area contributed by atoms with Crippen molar-refractivity contribution in [3.05, 3.63) is 42.0 Å². The lowest BCUT2D eigenvalue weighted by Crippen LogP contribution is -2.37. The predicted octanol–water partition coefficient (Wildman–Crippen LogP) is 1.47. The number of methoxy groups -OCH3 is 1. The molecule has 0 saturated carbocycles. The van der Waals surface area contributed by atoms with Crippen molar-refractivity contribution in [1.29, 1.82) is 0 Å². The quantitative estimate of drug-likeness (QED) is 0.760. The fourth-order valence-corrected chi connectivity index (χ4v) is 3.44. The van der Waals surface area contributed by atoms with Crippen LogP contribution in [0.5, 0.6) is 0 Å². The first-order chi connectivity index (χ1) is 12.3. The molecule has 0 spiro atoms. The van der Waals surface area contributed by atoms with Crippen LogP contribution in [0.25, 0.3) is 0 Å². The molecule has 0 aliphatic carbocycles. The number of nitrogens with zero attached hydrogens (tertiary/aromatic N) is 3. The van der Waals surface area contributed by atoms with Gasteiger partial charge in [-0.15, -0.1) is 0 Å². The smallest absolute Gasteiger partial charge is 0.253 e. The van der Waals surface area contributed by atoms with Crippen LogP contribution in [0.15, 0.2) is 30.7 Å². The van der Waals surface area contributed by atoms with Crippen LogP contribution in [-0.2, 0) is 11.3 Å². The van der Waals surface area contributed by atoms with E-state index in [0.717, 1.165) is 50.3 Å².